The molecule has 0 amide bonds. The fourth-order valence-electron chi connectivity index (χ4n) is 7.05. The number of esters is 1. The molecule has 0 radical (unpaired) electrons. The van der Waals surface area contributed by atoms with Crippen molar-refractivity contribution >= 4 is 37.0 Å². The molecule has 52 heavy (non-hydrogen) atoms. The van der Waals surface area contributed by atoms with Crippen LogP contribution in [0.25, 0.3) is 0 Å². The van der Waals surface area contributed by atoms with Crippen LogP contribution in [-0.4, -0.2) is 70.2 Å². The van der Waals surface area contributed by atoms with Gasteiger partial charge >= 0.3 is 248 Å². The van der Waals surface area contributed by atoms with Crippen LogP contribution in [0.5, 0.6) is 0 Å². The van der Waals surface area contributed by atoms with Gasteiger partial charge in [0.2, 0.25) is 0 Å². The summed E-state index contributed by atoms with van der Waals surface area (Å²) in [7, 11) is -7.20. The van der Waals surface area contributed by atoms with E-state index in [1.807, 2.05) is 6.92 Å². The Labute approximate surface area is 306 Å². The van der Waals surface area contributed by atoms with Gasteiger partial charge in [0.15, 0.2) is 6.10 Å². The Bertz CT molecular complexity index is 1740. The molecular formula is C39H51N2O9P2+. The van der Waals surface area contributed by atoms with Crippen LogP contribution in [0.4, 0.5) is 0 Å². The fourth-order valence-corrected chi connectivity index (χ4v) is 12.4. The molecule has 2 heterocycles. The number of carbonyl (C=O) groups is 1. The number of aromatic nitrogens is 1. The van der Waals surface area contributed by atoms with Gasteiger partial charge in [-0.25, -0.2) is 4.57 Å². The second-order valence-corrected chi connectivity index (χ2v) is 18.9. The quantitative estimate of drug-likeness (QED) is 0.0440. The predicted octanol–water partition coefficient (Wildman–Crippen LogP) is 3.28. The first-order chi connectivity index (χ1) is 25.0. The van der Waals surface area contributed by atoms with E-state index in [0.717, 1.165) is 31.8 Å². The first-order valence-corrected chi connectivity index (χ1v) is 21.6. The normalized spacial score (nSPS) is 20.0. The number of hydrogen-bond donors (Lipinski definition) is 5. The van der Waals surface area contributed by atoms with Gasteiger partial charge in [-0.1, -0.05) is 0 Å². The maximum atomic E-state index is 13.2. The van der Waals surface area contributed by atoms with Crippen LogP contribution in [0.3, 0.4) is 0 Å². The number of phosphoric acid groups is 1. The first kappa shape index (κ1) is 39.9. The summed E-state index contributed by atoms with van der Waals surface area (Å²) in [5.41, 5.74) is 7.18. The van der Waals surface area contributed by atoms with Gasteiger partial charge in [0, 0.05) is 0 Å². The Balaban J connectivity index is 1.28. The van der Waals surface area contributed by atoms with E-state index in [1.54, 1.807) is 18.3 Å². The Morgan fingerprint density at radius 3 is 2.19 bits per heavy atom. The first-order valence-electron chi connectivity index (χ1n) is 17.8. The molecule has 5 atom stereocenters. The Morgan fingerprint density at radius 2 is 1.54 bits per heavy atom. The summed E-state index contributed by atoms with van der Waals surface area (Å²) in [6, 6.07) is 33.9. The van der Waals surface area contributed by atoms with Crippen LogP contribution < -0.4 is 26.2 Å². The zero-order valence-corrected chi connectivity index (χ0v) is 31.3. The molecule has 11 nitrogen and oxygen atoms in total. The van der Waals surface area contributed by atoms with Gasteiger partial charge in [0.25, 0.3) is 0 Å². The summed E-state index contributed by atoms with van der Waals surface area (Å²) in [6.45, 7) is 2.32. The topological polar surface area (TPSA) is 173 Å². The summed E-state index contributed by atoms with van der Waals surface area (Å²) in [6.07, 6.45) is 4.00. The van der Waals surface area contributed by atoms with Crippen molar-refractivity contribution in [2.45, 2.75) is 63.6 Å². The van der Waals surface area contributed by atoms with Crippen molar-refractivity contribution in [2.24, 2.45) is 11.7 Å². The van der Waals surface area contributed by atoms with E-state index in [-0.39, 0.29) is 18.1 Å². The fraction of sp³-hybridized carbons (Fsp3) is 0.385. The summed E-state index contributed by atoms with van der Waals surface area (Å²) in [5, 5.41) is 25.1. The number of phosphoric ester groups is 1. The van der Waals surface area contributed by atoms with Gasteiger partial charge in [0.1, 0.15) is 12.2 Å². The molecule has 280 valence electrons. The Morgan fingerprint density at radius 1 is 0.885 bits per heavy atom. The number of nitrogens with zero attached hydrogens (tertiary/aromatic N) is 1. The number of unbranched alkanes of at least 4 members (excludes halogenated alkanes) is 3. The van der Waals surface area contributed by atoms with Gasteiger partial charge in [-0.05, 0) is 0 Å². The van der Waals surface area contributed by atoms with Crippen LogP contribution in [0.1, 0.15) is 54.8 Å². The van der Waals surface area contributed by atoms with Crippen LogP contribution >= 0.6 is 15.1 Å². The second kappa shape index (κ2) is 18.6. The number of carbonyl (C=O) groups excluding carboxylic acids is 1. The molecule has 1 fully saturated rings. The van der Waals surface area contributed by atoms with E-state index < -0.39 is 52.2 Å². The molecule has 6 N–H and O–H groups in total. The molecule has 3 aromatic carbocycles. The van der Waals surface area contributed by atoms with E-state index >= 15 is 0 Å². The SMILES string of the molecule is C[C@@H](COC(=O)c1ccc[n+]([C@@H]2O[C@H](COP(=O)(O)O)[C@@H](O)[C@H]2O)c1)Cc1cccc([PH](CCCCCCN)(c2ccccc2)c2ccccc2)c1. The standard InChI is InChI=1S/C39H50N2O9P2/c1-29(27-48-39(44)31-15-13-22-41(26-31)38-37(43)36(42)35(50-38)28-49-52(45,46)47)24-30-14-12-20-34(25-30)51(23-11-3-2-10-21-40,32-16-6-4-7-17-32)33-18-8-5-9-19-33/h4-9,12-20,22,25-26,29,35-38,42-43,51H,2-3,10-11,21,23-24,27-28,40H2,1H3,(H-,45,46,47)/p+1/t29-,35-,36-,37-,38-/m1/s1. The van der Waals surface area contributed by atoms with Crippen molar-refractivity contribution in [1.82, 2.24) is 0 Å². The van der Waals surface area contributed by atoms with E-state index in [4.69, 9.17) is 25.0 Å². The number of ether oxygens (including phenoxy) is 2. The molecule has 0 aliphatic carbocycles. The summed E-state index contributed by atoms with van der Waals surface area (Å²) in [5.74, 6) is -0.542. The van der Waals surface area contributed by atoms with Crippen molar-refractivity contribution in [2.75, 3.05) is 25.9 Å². The zero-order chi connectivity index (χ0) is 37.1. The van der Waals surface area contributed by atoms with Crippen LogP contribution in [0.2, 0.25) is 0 Å². The van der Waals surface area contributed by atoms with Gasteiger partial charge in [-0.3, -0.25) is 4.52 Å². The van der Waals surface area contributed by atoms with Crippen molar-refractivity contribution < 1.29 is 47.9 Å². The maximum absolute atomic E-state index is 13.2. The van der Waals surface area contributed by atoms with Gasteiger partial charge in [-0.15, -0.1) is 0 Å². The summed E-state index contributed by atoms with van der Waals surface area (Å²) in [4.78, 5) is 31.1. The summed E-state index contributed by atoms with van der Waals surface area (Å²) >= 11 is 0. The third-order valence-corrected chi connectivity index (χ3v) is 15.2. The summed E-state index contributed by atoms with van der Waals surface area (Å²) < 4.78 is 28.3. The van der Waals surface area contributed by atoms with Crippen LogP contribution in [0, 0.1) is 5.92 Å². The van der Waals surface area contributed by atoms with Crippen molar-refractivity contribution in [3.63, 3.8) is 0 Å². The molecule has 0 spiro atoms. The molecular weight excluding hydrogens is 702 g/mol. The number of rotatable bonds is 18. The average Bonchev–Trinajstić information content (AvgIpc) is 3.44. The van der Waals surface area contributed by atoms with Gasteiger partial charge < -0.3 is 24.7 Å². The molecule has 5 rings (SSSR count). The third kappa shape index (κ3) is 10.2. The molecule has 0 unspecified atom stereocenters. The predicted molar refractivity (Wildman–Crippen MR) is 203 cm³/mol. The molecule has 4 aromatic rings. The molecule has 0 bridgehead atoms. The van der Waals surface area contributed by atoms with E-state index in [9.17, 15) is 19.6 Å². The van der Waals surface area contributed by atoms with E-state index in [2.05, 4.69) is 89.5 Å². The minimum atomic E-state index is -4.80. The number of aliphatic hydroxyl groups is 2. The Hall–Kier alpha value is -3.34. The van der Waals surface area contributed by atoms with Crippen LogP contribution in [0.15, 0.2) is 109 Å². The molecule has 1 aliphatic rings. The second-order valence-electron chi connectivity index (χ2n) is 13.6. The van der Waals surface area contributed by atoms with Gasteiger partial charge in [-0.2, -0.15) is 0 Å². The zero-order valence-electron chi connectivity index (χ0n) is 29.4. The number of hydrogen-bond acceptors (Lipinski definition) is 8. The molecule has 1 saturated heterocycles. The van der Waals surface area contributed by atoms with Crippen LogP contribution in [-0.2, 0) is 25.0 Å². The van der Waals surface area contributed by atoms with Crippen molar-refractivity contribution in [1.29, 1.82) is 0 Å². The molecule has 1 aromatic heterocycles. The van der Waals surface area contributed by atoms with Crippen molar-refractivity contribution in [3.8, 4) is 0 Å². The van der Waals surface area contributed by atoms with Gasteiger partial charge in [0.05, 0.1) is 6.61 Å². The third-order valence-electron chi connectivity index (χ3n) is 9.64. The minimum absolute atomic E-state index is 0.0146. The van der Waals surface area contributed by atoms with E-state index in [1.165, 1.54) is 32.2 Å². The monoisotopic (exact) mass is 753 g/mol. The number of nitrogens with two attached hydrogens (primary N) is 1. The number of benzene rings is 3. The Kier molecular flexibility index (Phi) is 14.3. The molecule has 1 aliphatic heterocycles. The van der Waals surface area contributed by atoms with E-state index in [0.29, 0.717) is 13.0 Å². The van der Waals surface area contributed by atoms with Crippen molar-refractivity contribution in [3.05, 3.63) is 121 Å². The number of aliphatic hydroxyl groups excluding tert-OH is 2. The molecule has 0 saturated carbocycles. The molecule has 13 heteroatoms. The average molecular weight is 754 g/mol. The number of pyridine rings is 1.